The minimum Gasteiger partial charge on any atom is -0.467 e. The van der Waals surface area contributed by atoms with Crippen molar-refractivity contribution in [3.63, 3.8) is 0 Å². The first-order chi connectivity index (χ1) is 9.96. The number of amides is 1. The third kappa shape index (κ3) is 3.69. The van der Waals surface area contributed by atoms with Crippen LogP contribution in [0.3, 0.4) is 0 Å². The van der Waals surface area contributed by atoms with Crippen molar-refractivity contribution in [1.29, 1.82) is 0 Å². The number of β-lactam (4-membered cyclic amide) rings is 1. The number of esters is 1. The van der Waals surface area contributed by atoms with Crippen LogP contribution in [0.5, 0.6) is 0 Å². The van der Waals surface area contributed by atoms with Crippen molar-refractivity contribution < 1.29 is 23.5 Å². The van der Waals surface area contributed by atoms with Gasteiger partial charge in [-0.15, -0.1) is 0 Å². The second-order valence-electron chi connectivity index (χ2n) is 7.32. The Hall–Kier alpha value is -0.923. The summed E-state index contributed by atoms with van der Waals surface area (Å²) in [6.45, 7) is 12.6. The molecule has 1 fully saturated rings. The monoisotopic (exact) mass is 331 g/mol. The number of nitrogens with one attached hydrogen (secondary N) is 1. The van der Waals surface area contributed by atoms with Crippen LogP contribution in [0.4, 0.5) is 0 Å². The zero-order valence-electron chi connectivity index (χ0n) is 14.9. The van der Waals surface area contributed by atoms with Crippen molar-refractivity contribution in [2.24, 2.45) is 5.92 Å². The summed E-state index contributed by atoms with van der Waals surface area (Å²) in [4.78, 5) is 23.7. The van der Waals surface area contributed by atoms with E-state index in [2.05, 4.69) is 39.2 Å². The molecule has 6 nitrogen and oxygen atoms in total. The quantitative estimate of drug-likeness (QED) is 0.455. The topological polar surface area (TPSA) is 73.9 Å². The van der Waals surface area contributed by atoms with E-state index in [9.17, 15) is 9.59 Å². The SMILES string of the molecule is COC(=O)C(OC)[C@H]1NC(=O)[C@@H]1[C@@H](C)O[Si](C)(C)C(C)(C)C. The van der Waals surface area contributed by atoms with E-state index in [0.717, 1.165) is 0 Å². The normalized spacial score (nSPS) is 25.0. The van der Waals surface area contributed by atoms with Crippen molar-refractivity contribution >= 4 is 20.2 Å². The molecule has 0 aliphatic carbocycles. The van der Waals surface area contributed by atoms with Gasteiger partial charge in [0.25, 0.3) is 0 Å². The predicted molar refractivity (Wildman–Crippen MR) is 86.0 cm³/mol. The molecule has 128 valence electrons. The minimum atomic E-state index is -1.99. The largest absolute Gasteiger partial charge is 0.467 e. The highest BCUT2D eigenvalue weighted by Crippen LogP contribution is 2.39. The highest BCUT2D eigenvalue weighted by molar-refractivity contribution is 6.74. The number of rotatable bonds is 6. The lowest BCUT2D eigenvalue weighted by molar-refractivity contribution is -0.163. The van der Waals surface area contributed by atoms with Crippen LogP contribution in [0.25, 0.3) is 0 Å². The maximum Gasteiger partial charge on any atom is 0.337 e. The van der Waals surface area contributed by atoms with Crippen LogP contribution in [-0.4, -0.2) is 52.7 Å². The van der Waals surface area contributed by atoms with Gasteiger partial charge in [-0.3, -0.25) is 4.79 Å². The van der Waals surface area contributed by atoms with Crippen LogP contribution in [0.2, 0.25) is 18.1 Å². The van der Waals surface area contributed by atoms with Crippen LogP contribution in [0.15, 0.2) is 0 Å². The zero-order chi connectivity index (χ0) is 17.3. The summed E-state index contributed by atoms with van der Waals surface area (Å²) >= 11 is 0. The van der Waals surface area contributed by atoms with Gasteiger partial charge in [0, 0.05) is 7.11 Å². The van der Waals surface area contributed by atoms with Crippen LogP contribution in [0.1, 0.15) is 27.7 Å². The van der Waals surface area contributed by atoms with Crippen molar-refractivity contribution in [3.8, 4) is 0 Å². The predicted octanol–water partition coefficient (Wildman–Crippen LogP) is 1.70. The average Bonchev–Trinajstić information content (AvgIpc) is 2.35. The maximum atomic E-state index is 12.0. The molecular weight excluding hydrogens is 302 g/mol. The molecular formula is C15H29NO5Si. The summed E-state index contributed by atoms with van der Waals surface area (Å²) < 4.78 is 16.2. The summed E-state index contributed by atoms with van der Waals surface area (Å²) in [6.07, 6.45) is -1.08. The average molecular weight is 331 g/mol. The first-order valence-corrected chi connectivity index (χ1v) is 10.5. The maximum absolute atomic E-state index is 12.0. The molecule has 0 bridgehead atoms. The van der Waals surface area contributed by atoms with E-state index in [4.69, 9.17) is 13.9 Å². The van der Waals surface area contributed by atoms with Crippen LogP contribution in [-0.2, 0) is 23.5 Å². The molecule has 1 unspecified atom stereocenters. The van der Waals surface area contributed by atoms with Crippen molar-refractivity contribution in [1.82, 2.24) is 5.32 Å². The van der Waals surface area contributed by atoms with E-state index in [1.54, 1.807) is 0 Å². The number of hydrogen-bond donors (Lipinski definition) is 1. The summed E-state index contributed by atoms with van der Waals surface area (Å²) in [6, 6.07) is -0.412. The minimum absolute atomic E-state index is 0.0555. The van der Waals surface area contributed by atoms with Gasteiger partial charge < -0.3 is 19.2 Å². The standard InChI is InChI=1S/C15H29NO5Si/c1-9(21-22(7,8)15(2,3)4)10-11(16-13(10)17)12(19-5)14(18)20-6/h9-12H,1-8H3,(H,16,17)/t9-,10-,11+,12?/m1/s1. The van der Waals surface area contributed by atoms with E-state index >= 15 is 0 Å². The number of carbonyl (C=O) groups excluding carboxylic acids is 2. The van der Waals surface area contributed by atoms with Gasteiger partial charge in [-0.25, -0.2) is 4.79 Å². The Morgan fingerprint density at radius 2 is 1.82 bits per heavy atom. The first-order valence-electron chi connectivity index (χ1n) is 7.55. The van der Waals surface area contributed by atoms with E-state index in [1.165, 1.54) is 14.2 Å². The third-order valence-electron chi connectivity index (χ3n) is 4.80. The van der Waals surface area contributed by atoms with Crippen molar-refractivity contribution in [3.05, 3.63) is 0 Å². The highest BCUT2D eigenvalue weighted by atomic mass is 28.4. The summed E-state index contributed by atoms with van der Waals surface area (Å²) in [5, 5.41) is 2.79. The lowest BCUT2D eigenvalue weighted by atomic mass is 9.82. The van der Waals surface area contributed by atoms with Crippen LogP contribution in [0, 0.1) is 5.92 Å². The number of hydrogen-bond acceptors (Lipinski definition) is 5. The van der Waals surface area contributed by atoms with E-state index < -0.39 is 32.4 Å². The molecule has 1 aliphatic rings. The molecule has 0 aromatic heterocycles. The molecule has 0 aromatic rings. The van der Waals surface area contributed by atoms with E-state index in [-0.39, 0.29) is 17.0 Å². The van der Waals surface area contributed by atoms with Gasteiger partial charge in [-0.1, -0.05) is 20.8 Å². The number of methoxy groups -OCH3 is 2. The fraction of sp³-hybridized carbons (Fsp3) is 0.867. The Kier molecular flexibility index (Phi) is 5.81. The first kappa shape index (κ1) is 19.1. The molecule has 1 amide bonds. The van der Waals surface area contributed by atoms with Gasteiger partial charge in [0.05, 0.1) is 25.2 Å². The lowest BCUT2D eigenvalue weighted by Gasteiger charge is -2.46. The van der Waals surface area contributed by atoms with Crippen molar-refractivity contribution in [2.45, 2.75) is 64.1 Å². The molecule has 1 heterocycles. The summed E-state index contributed by atoms with van der Waals surface area (Å²) in [7, 11) is 0.748. The fourth-order valence-electron chi connectivity index (χ4n) is 2.41. The fourth-order valence-corrected chi connectivity index (χ4v) is 3.84. The Labute approximate surface area is 134 Å². The van der Waals surface area contributed by atoms with Crippen LogP contribution >= 0.6 is 0 Å². The molecule has 22 heavy (non-hydrogen) atoms. The summed E-state index contributed by atoms with van der Waals surface area (Å²) in [5.41, 5.74) is 0. The molecule has 0 aromatic carbocycles. The molecule has 1 N–H and O–H groups in total. The van der Waals surface area contributed by atoms with E-state index in [1.807, 2.05) is 6.92 Å². The molecule has 0 radical (unpaired) electrons. The summed E-state index contributed by atoms with van der Waals surface area (Å²) in [5.74, 6) is -1.00. The molecule has 0 spiro atoms. The Bertz CT molecular complexity index is 432. The third-order valence-corrected chi connectivity index (χ3v) is 9.38. The van der Waals surface area contributed by atoms with Gasteiger partial charge in [-0.2, -0.15) is 0 Å². The Morgan fingerprint density at radius 3 is 2.18 bits per heavy atom. The Balaban J connectivity index is 2.85. The molecule has 4 atom stereocenters. The zero-order valence-corrected chi connectivity index (χ0v) is 15.9. The highest BCUT2D eigenvalue weighted by Gasteiger charge is 2.52. The van der Waals surface area contributed by atoms with E-state index in [0.29, 0.717) is 0 Å². The van der Waals surface area contributed by atoms with Gasteiger partial charge >= 0.3 is 5.97 Å². The molecule has 1 saturated heterocycles. The smallest absolute Gasteiger partial charge is 0.337 e. The van der Waals surface area contributed by atoms with Gasteiger partial charge in [0.2, 0.25) is 5.91 Å². The Morgan fingerprint density at radius 1 is 1.27 bits per heavy atom. The van der Waals surface area contributed by atoms with Gasteiger partial charge in [0.15, 0.2) is 14.4 Å². The molecule has 1 aliphatic heterocycles. The van der Waals surface area contributed by atoms with Crippen molar-refractivity contribution in [2.75, 3.05) is 14.2 Å². The second-order valence-corrected chi connectivity index (χ2v) is 12.1. The van der Waals surface area contributed by atoms with Gasteiger partial charge in [0.1, 0.15) is 0 Å². The number of ether oxygens (including phenoxy) is 2. The van der Waals surface area contributed by atoms with Gasteiger partial charge in [-0.05, 0) is 25.1 Å². The number of carbonyl (C=O) groups is 2. The molecule has 7 heteroatoms. The second kappa shape index (κ2) is 6.68. The molecule has 0 saturated carbocycles. The lowest BCUT2D eigenvalue weighted by Crippen LogP contribution is -2.69. The van der Waals surface area contributed by atoms with Crippen LogP contribution < -0.4 is 5.32 Å². The molecule has 1 rings (SSSR count).